The lowest BCUT2D eigenvalue weighted by Crippen LogP contribution is -2.39. The van der Waals surface area contributed by atoms with Gasteiger partial charge in [0.1, 0.15) is 5.82 Å². The molecule has 0 spiro atoms. The number of piperidine rings is 1. The molecule has 2 N–H and O–H groups in total. The molecule has 0 radical (unpaired) electrons. The van der Waals surface area contributed by atoms with Crippen LogP contribution in [-0.2, 0) is 0 Å². The second kappa shape index (κ2) is 5.27. The van der Waals surface area contributed by atoms with Gasteiger partial charge in [0, 0.05) is 19.1 Å². The van der Waals surface area contributed by atoms with Gasteiger partial charge in [0.25, 0.3) is 0 Å². The van der Waals surface area contributed by atoms with Crippen LogP contribution in [0.25, 0.3) is 0 Å². The third kappa shape index (κ3) is 2.83. The molecule has 0 bridgehead atoms. The van der Waals surface area contributed by atoms with Crippen molar-refractivity contribution in [1.82, 2.24) is 0 Å². The molecule has 1 aromatic rings. The summed E-state index contributed by atoms with van der Waals surface area (Å²) in [6.07, 6.45) is 1.23. The number of hydrogen-bond donors (Lipinski definition) is 1. The minimum atomic E-state index is -0.147. The highest BCUT2D eigenvalue weighted by Crippen LogP contribution is 2.29. The van der Waals surface area contributed by atoms with Crippen molar-refractivity contribution < 1.29 is 4.39 Å². The van der Waals surface area contributed by atoms with E-state index in [1.807, 2.05) is 19.1 Å². The van der Waals surface area contributed by atoms with Crippen molar-refractivity contribution in [2.24, 2.45) is 17.6 Å². The van der Waals surface area contributed by atoms with Gasteiger partial charge in [-0.15, -0.1) is 0 Å². The summed E-state index contributed by atoms with van der Waals surface area (Å²) >= 11 is 0. The van der Waals surface area contributed by atoms with Crippen LogP contribution in [0.15, 0.2) is 18.2 Å². The first-order valence-electron chi connectivity index (χ1n) is 6.77. The molecular weight excluding hydrogens is 227 g/mol. The first kappa shape index (κ1) is 13.3. The average Bonchev–Trinajstić information content (AvgIpc) is 2.27. The third-order valence-electron chi connectivity index (χ3n) is 3.71. The van der Waals surface area contributed by atoms with Crippen LogP contribution in [0.1, 0.15) is 38.8 Å². The number of benzene rings is 1. The monoisotopic (exact) mass is 250 g/mol. The van der Waals surface area contributed by atoms with E-state index in [4.69, 9.17) is 5.73 Å². The summed E-state index contributed by atoms with van der Waals surface area (Å²) in [5.74, 6) is 1.11. The van der Waals surface area contributed by atoms with Gasteiger partial charge in [-0.1, -0.05) is 19.9 Å². The SMILES string of the molecule is CC1CC(C)CN(c2ccc(C(C)N)cc2F)C1. The first-order chi connectivity index (χ1) is 8.47. The van der Waals surface area contributed by atoms with Gasteiger partial charge in [0.2, 0.25) is 0 Å². The number of nitrogens with zero attached hydrogens (tertiary/aromatic N) is 1. The summed E-state index contributed by atoms with van der Waals surface area (Å²) in [6, 6.07) is 5.27. The number of anilines is 1. The van der Waals surface area contributed by atoms with Crippen molar-refractivity contribution in [3.05, 3.63) is 29.6 Å². The highest BCUT2D eigenvalue weighted by molar-refractivity contribution is 5.50. The summed E-state index contributed by atoms with van der Waals surface area (Å²) in [6.45, 7) is 8.23. The van der Waals surface area contributed by atoms with Crippen molar-refractivity contribution >= 4 is 5.69 Å². The predicted octanol–water partition coefficient (Wildman–Crippen LogP) is 3.33. The maximum atomic E-state index is 14.2. The Hall–Kier alpha value is -1.09. The molecule has 0 aromatic heterocycles. The van der Waals surface area contributed by atoms with E-state index >= 15 is 0 Å². The van der Waals surface area contributed by atoms with Crippen LogP contribution in [-0.4, -0.2) is 13.1 Å². The topological polar surface area (TPSA) is 29.3 Å². The molecule has 1 heterocycles. The lowest BCUT2D eigenvalue weighted by atomic mass is 9.91. The number of halogens is 1. The van der Waals surface area contributed by atoms with Crippen LogP contribution in [0.5, 0.6) is 0 Å². The molecule has 0 amide bonds. The maximum Gasteiger partial charge on any atom is 0.146 e. The Morgan fingerprint density at radius 2 is 1.89 bits per heavy atom. The molecule has 1 aromatic carbocycles. The van der Waals surface area contributed by atoms with Crippen molar-refractivity contribution in [2.45, 2.75) is 33.2 Å². The quantitative estimate of drug-likeness (QED) is 0.872. The van der Waals surface area contributed by atoms with Crippen LogP contribution in [0.3, 0.4) is 0 Å². The Balaban J connectivity index is 2.22. The highest BCUT2D eigenvalue weighted by Gasteiger charge is 2.23. The van der Waals surface area contributed by atoms with E-state index in [1.165, 1.54) is 6.42 Å². The zero-order valence-corrected chi connectivity index (χ0v) is 11.5. The standard InChI is InChI=1S/C15H23FN2/c1-10-6-11(2)9-18(8-10)15-5-4-13(12(3)17)7-14(15)16/h4-5,7,10-12H,6,8-9,17H2,1-3H3. The van der Waals surface area contributed by atoms with E-state index in [0.29, 0.717) is 11.8 Å². The van der Waals surface area contributed by atoms with Crippen LogP contribution in [0.4, 0.5) is 10.1 Å². The molecule has 1 aliphatic rings. The minimum absolute atomic E-state index is 0.118. The first-order valence-corrected chi connectivity index (χ1v) is 6.77. The zero-order valence-electron chi connectivity index (χ0n) is 11.5. The van der Waals surface area contributed by atoms with E-state index in [0.717, 1.165) is 24.3 Å². The highest BCUT2D eigenvalue weighted by atomic mass is 19.1. The van der Waals surface area contributed by atoms with Gasteiger partial charge < -0.3 is 10.6 Å². The van der Waals surface area contributed by atoms with Gasteiger partial charge in [0.05, 0.1) is 5.69 Å². The van der Waals surface area contributed by atoms with Gasteiger partial charge in [-0.2, -0.15) is 0 Å². The van der Waals surface area contributed by atoms with Gasteiger partial charge in [-0.3, -0.25) is 0 Å². The molecule has 2 nitrogen and oxygen atoms in total. The molecule has 18 heavy (non-hydrogen) atoms. The van der Waals surface area contributed by atoms with E-state index in [9.17, 15) is 4.39 Å². The van der Waals surface area contributed by atoms with E-state index in [-0.39, 0.29) is 11.9 Å². The maximum absolute atomic E-state index is 14.2. The smallest absolute Gasteiger partial charge is 0.146 e. The fraction of sp³-hybridized carbons (Fsp3) is 0.600. The molecule has 0 aliphatic carbocycles. The molecule has 1 saturated heterocycles. The van der Waals surface area contributed by atoms with Crippen molar-refractivity contribution in [2.75, 3.05) is 18.0 Å². The van der Waals surface area contributed by atoms with Crippen LogP contribution in [0.2, 0.25) is 0 Å². The Morgan fingerprint density at radius 1 is 1.28 bits per heavy atom. The molecule has 1 aliphatic heterocycles. The lowest BCUT2D eigenvalue weighted by Gasteiger charge is -2.36. The number of rotatable bonds is 2. The lowest BCUT2D eigenvalue weighted by molar-refractivity contribution is 0.354. The molecule has 0 saturated carbocycles. The largest absolute Gasteiger partial charge is 0.369 e. The Morgan fingerprint density at radius 3 is 2.39 bits per heavy atom. The molecular formula is C15H23FN2. The van der Waals surface area contributed by atoms with Crippen LogP contribution < -0.4 is 10.6 Å². The number of nitrogens with two attached hydrogens (primary N) is 1. The van der Waals surface area contributed by atoms with Crippen LogP contribution in [0, 0.1) is 17.7 Å². The molecule has 3 unspecified atom stereocenters. The van der Waals surface area contributed by atoms with Crippen LogP contribution >= 0.6 is 0 Å². The second-order valence-corrected chi connectivity index (χ2v) is 5.85. The summed E-state index contributed by atoms with van der Waals surface area (Å²) in [4.78, 5) is 2.17. The second-order valence-electron chi connectivity index (χ2n) is 5.85. The normalized spacial score (nSPS) is 26.2. The van der Waals surface area contributed by atoms with E-state index in [2.05, 4.69) is 18.7 Å². The minimum Gasteiger partial charge on any atom is -0.369 e. The molecule has 1 fully saturated rings. The summed E-state index contributed by atoms with van der Waals surface area (Å²) in [5.41, 5.74) is 7.35. The fourth-order valence-electron chi connectivity index (χ4n) is 2.92. The van der Waals surface area contributed by atoms with Gasteiger partial charge >= 0.3 is 0 Å². The average molecular weight is 250 g/mol. The van der Waals surface area contributed by atoms with E-state index < -0.39 is 0 Å². The third-order valence-corrected chi connectivity index (χ3v) is 3.71. The zero-order chi connectivity index (χ0) is 13.3. The molecule has 100 valence electrons. The van der Waals surface area contributed by atoms with E-state index in [1.54, 1.807) is 6.07 Å². The molecule has 2 rings (SSSR count). The van der Waals surface area contributed by atoms with Crippen molar-refractivity contribution in [3.8, 4) is 0 Å². The summed E-state index contributed by atoms with van der Waals surface area (Å²) < 4.78 is 14.2. The predicted molar refractivity (Wildman–Crippen MR) is 74.2 cm³/mol. The Bertz CT molecular complexity index is 407. The van der Waals surface area contributed by atoms with Gasteiger partial charge in [-0.05, 0) is 42.9 Å². The summed E-state index contributed by atoms with van der Waals surface area (Å²) in [5, 5.41) is 0. The Labute approximate surface area is 109 Å². The Kier molecular flexibility index (Phi) is 3.91. The fourth-order valence-corrected chi connectivity index (χ4v) is 2.92. The van der Waals surface area contributed by atoms with Gasteiger partial charge in [-0.25, -0.2) is 4.39 Å². The van der Waals surface area contributed by atoms with Crippen molar-refractivity contribution in [3.63, 3.8) is 0 Å². The number of hydrogen-bond acceptors (Lipinski definition) is 2. The van der Waals surface area contributed by atoms with Gasteiger partial charge in [0.15, 0.2) is 0 Å². The molecule has 3 heteroatoms. The summed E-state index contributed by atoms with van der Waals surface area (Å²) in [7, 11) is 0. The van der Waals surface area contributed by atoms with Crippen molar-refractivity contribution in [1.29, 1.82) is 0 Å². The molecule has 3 atom stereocenters.